The smallest absolute Gasteiger partial charge is 0.259 e. The number of ether oxygens (including phenoxy) is 3. The van der Waals surface area contributed by atoms with Gasteiger partial charge in [0.25, 0.3) is 5.91 Å². The molecule has 32 heavy (non-hydrogen) atoms. The summed E-state index contributed by atoms with van der Waals surface area (Å²) in [5.74, 6) is -0.0827. The van der Waals surface area contributed by atoms with Crippen LogP contribution in [0.4, 0.5) is 15.9 Å². The molecule has 0 bridgehead atoms. The zero-order valence-corrected chi connectivity index (χ0v) is 18.9. The Labute approximate surface area is 188 Å². The summed E-state index contributed by atoms with van der Waals surface area (Å²) < 4.78 is 31.4. The molecule has 1 aliphatic carbocycles. The number of amides is 1. The molecule has 8 nitrogen and oxygen atoms in total. The molecule has 4 rings (SSSR count). The van der Waals surface area contributed by atoms with Crippen molar-refractivity contribution in [3.63, 3.8) is 0 Å². The van der Waals surface area contributed by atoms with Crippen molar-refractivity contribution < 1.29 is 23.4 Å². The molecular formula is C22H25FN4O4S. The van der Waals surface area contributed by atoms with Crippen molar-refractivity contribution in [3.8, 4) is 5.75 Å². The maximum absolute atomic E-state index is 14.1. The van der Waals surface area contributed by atoms with E-state index >= 15 is 0 Å². The number of hydrogen-bond acceptors (Lipinski definition) is 8. The molecule has 0 unspecified atom stereocenters. The van der Waals surface area contributed by atoms with Crippen LogP contribution in [0.1, 0.15) is 34.5 Å². The number of rotatable bonds is 7. The van der Waals surface area contributed by atoms with E-state index in [1.54, 1.807) is 27.2 Å². The van der Waals surface area contributed by atoms with Gasteiger partial charge in [-0.05, 0) is 24.6 Å². The Balaban J connectivity index is 1.66. The molecule has 1 amide bonds. The maximum Gasteiger partial charge on any atom is 0.259 e. The van der Waals surface area contributed by atoms with Crippen LogP contribution in [0.5, 0.6) is 5.75 Å². The molecule has 0 aliphatic heterocycles. The standard InChI is InChI=1S/C22H25FN4O4S/c1-11-18-21(25-10-26-22(18)32-19(11)20(24)28)27-16-5-4-12(23)6-17(16)31-15-8-13(29-2)7-14(9-15)30-3/h4-6,10,13-15H,7-9H2,1-3H3,(H2,24,28)(H,25,26,27)/t13-,14+,15-. The summed E-state index contributed by atoms with van der Waals surface area (Å²) in [4.78, 5) is 21.4. The zero-order valence-electron chi connectivity index (χ0n) is 18.1. The van der Waals surface area contributed by atoms with E-state index in [0.29, 0.717) is 50.8 Å². The highest BCUT2D eigenvalue weighted by atomic mass is 32.1. The van der Waals surface area contributed by atoms with E-state index in [0.717, 1.165) is 6.42 Å². The molecule has 0 radical (unpaired) electrons. The molecule has 2 aromatic heterocycles. The molecule has 1 saturated carbocycles. The van der Waals surface area contributed by atoms with Gasteiger partial charge in [0.05, 0.1) is 28.2 Å². The van der Waals surface area contributed by atoms with E-state index in [-0.39, 0.29) is 18.3 Å². The fourth-order valence-corrected chi connectivity index (χ4v) is 5.06. The van der Waals surface area contributed by atoms with E-state index in [2.05, 4.69) is 15.3 Å². The highest BCUT2D eigenvalue weighted by molar-refractivity contribution is 7.20. The number of carbonyl (C=O) groups excluding carboxylic acids is 1. The van der Waals surface area contributed by atoms with Crippen molar-refractivity contribution in [2.24, 2.45) is 5.73 Å². The van der Waals surface area contributed by atoms with E-state index < -0.39 is 11.7 Å². The second kappa shape index (κ2) is 9.35. The Morgan fingerprint density at radius 1 is 1.16 bits per heavy atom. The number of halogens is 1. The van der Waals surface area contributed by atoms with Gasteiger partial charge in [0, 0.05) is 39.5 Å². The summed E-state index contributed by atoms with van der Waals surface area (Å²) in [5, 5.41) is 3.92. The van der Waals surface area contributed by atoms with Gasteiger partial charge in [0.2, 0.25) is 0 Å². The molecule has 3 atom stereocenters. The van der Waals surface area contributed by atoms with E-state index in [9.17, 15) is 9.18 Å². The Kier molecular flexibility index (Phi) is 6.54. The number of hydrogen-bond donors (Lipinski definition) is 2. The van der Waals surface area contributed by atoms with Crippen molar-refractivity contribution in [2.75, 3.05) is 19.5 Å². The van der Waals surface area contributed by atoms with Gasteiger partial charge < -0.3 is 25.3 Å². The third-order valence-corrected chi connectivity index (χ3v) is 6.90. The van der Waals surface area contributed by atoms with Gasteiger partial charge in [0.15, 0.2) is 0 Å². The van der Waals surface area contributed by atoms with Crippen LogP contribution in [-0.2, 0) is 9.47 Å². The summed E-state index contributed by atoms with van der Waals surface area (Å²) in [6.07, 6.45) is 3.36. The molecule has 2 heterocycles. The average molecular weight is 461 g/mol. The molecule has 0 saturated heterocycles. The number of thiophene rings is 1. The third-order valence-electron chi connectivity index (χ3n) is 5.68. The zero-order chi connectivity index (χ0) is 22.8. The fourth-order valence-electron chi connectivity index (χ4n) is 4.05. The predicted octanol–water partition coefficient (Wildman–Crippen LogP) is 3.94. The highest BCUT2D eigenvalue weighted by Crippen LogP contribution is 2.37. The van der Waals surface area contributed by atoms with Gasteiger partial charge in [-0.25, -0.2) is 14.4 Å². The quantitative estimate of drug-likeness (QED) is 0.550. The van der Waals surface area contributed by atoms with Gasteiger partial charge in [-0.1, -0.05) is 0 Å². The van der Waals surface area contributed by atoms with Crippen molar-refractivity contribution >= 4 is 39.0 Å². The maximum atomic E-state index is 14.1. The topological polar surface area (TPSA) is 109 Å². The van der Waals surface area contributed by atoms with Crippen molar-refractivity contribution in [3.05, 3.63) is 40.8 Å². The molecule has 1 fully saturated rings. The molecule has 1 aromatic carbocycles. The molecule has 3 aromatic rings. The van der Waals surface area contributed by atoms with E-state index in [1.165, 1.54) is 29.8 Å². The number of nitrogens with two attached hydrogens (primary N) is 1. The largest absolute Gasteiger partial charge is 0.488 e. The Hall–Kier alpha value is -2.82. The number of aryl methyl sites for hydroxylation is 1. The summed E-state index contributed by atoms with van der Waals surface area (Å²) in [7, 11) is 3.33. The number of benzene rings is 1. The average Bonchev–Trinajstić information content (AvgIpc) is 3.13. The highest BCUT2D eigenvalue weighted by Gasteiger charge is 2.31. The minimum atomic E-state index is -0.514. The SMILES string of the molecule is CO[C@@H]1C[C@H](OC)C[C@H](Oc2cc(F)ccc2Nc2ncnc3sc(C(N)=O)c(C)c23)C1. The first-order valence-corrected chi connectivity index (χ1v) is 11.0. The van der Waals surface area contributed by atoms with Gasteiger partial charge in [-0.3, -0.25) is 4.79 Å². The molecule has 170 valence electrons. The summed E-state index contributed by atoms with van der Waals surface area (Å²) >= 11 is 1.21. The monoisotopic (exact) mass is 460 g/mol. The van der Waals surface area contributed by atoms with Gasteiger partial charge in [-0.2, -0.15) is 0 Å². The van der Waals surface area contributed by atoms with Crippen molar-refractivity contribution in [2.45, 2.75) is 44.5 Å². The van der Waals surface area contributed by atoms with E-state index in [1.807, 2.05) is 0 Å². The van der Waals surface area contributed by atoms with Crippen LogP contribution in [0.15, 0.2) is 24.5 Å². The number of fused-ring (bicyclic) bond motifs is 1. The van der Waals surface area contributed by atoms with Gasteiger partial charge in [0.1, 0.15) is 34.6 Å². The van der Waals surface area contributed by atoms with Crippen molar-refractivity contribution in [1.29, 1.82) is 0 Å². The number of primary amides is 1. The fraction of sp³-hybridized carbons (Fsp3) is 0.409. The Bertz CT molecular complexity index is 1130. The second-order valence-electron chi connectivity index (χ2n) is 7.75. The predicted molar refractivity (Wildman–Crippen MR) is 120 cm³/mol. The summed E-state index contributed by atoms with van der Waals surface area (Å²) in [5.41, 5.74) is 6.74. The Morgan fingerprint density at radius 3 is 2.50 bits per heavy atom. The third kappa shape index (κ3) is 4.52. The van der Waals surface area contributed by atoms with Crippen LogP contribution in [-0.4, -0.2) is 48.4 Å². The summed E-state index contributed by atoms with van der Waals surface area (Å²) in [6, 6.07) is 4.29. The van der Waals surface area contributed by atoms with Gasteiger partial charge >= 0.3 is 0 Å². The normalized spacial score (nSPS) is 20.9. The first-order chi connectivity index (χ1) is 15.4. The van der Waals surface area contributed by atoms with Crippen LogP contribution in [0.2, 0.25) is 0 Å². The number of carbonyl (C=O) groups is 1. The number of methoxy groups -OCH3 is 2. The van der Waals surface area contributed by atoms with Crippen LogP contribution < -0.4 is 15.8 Å². The molecule has 0 spiro atoms. The van der Waals surface area contributed by atoms with Crippen LogP contribution in [0, 0.1) is 12.7 Å². The van der Waals surface area contributed by atoms with Crippen LogP contribution >= 0.6 is 11.3 Å². The lowest BCUT2D eigenvalue weighted by Gasteiger charge is -2.34. The van der Waals surface area contributed by atoms with E-state index in [4.69, 9.17) is 19.9 Å². The van der Waals surface area contributed by atoms with Crippen LogP contribution in [0.3, 0.4) is 0 Å². The second-order valence-corrected chi connectivity index (χ2v) is 8.75. The minimum absolute atomic E-state index is 0.00540. The Morgan fingerprint density at radius 2 is 1.84 bits per heavy atom. The lowest BCUT2D eigenvalue weighted by atomic mass is 9.92. The number of nitrogens with one attached hydrogen (secondary N) is 1. The molecule has 3 N–H and O–H groups in total. The lowest BCUT2D eigenvalue weighted by molar-refractivity contribution is -0.0498. The van der Waals surface area contributed by atoms with Gasteiger partial charge in [-0.15, -0.1) is 11.3 Å². The first-order valence-electron chi connectivity index (χ1n) is 10.2. The molecule has 10 heteroatoms. The lowest BCUT2D eigenvalue weighted by Crippen LogP contribution is -2.38. The summed E-state index contributed by atoms with van der Waals surface area (Å²) in [6.45, 7) is 1.80. The number of anilines is 2. The molecular weight excluding hydrogens is 435 g/mol. The first kappa shape index (κ1) is 22.4. The minimum Gasteiger partial charge on any atom is -0.488 e. The van der Waals surface area contributed by atoms with Crippen molar-refractivity contribution in [1.82, 2.24) is 9.97 Å². The number of nitrogens with zero attached hydrogens (tertiary/aromatic N) is 2. The van der Waals surface area contributed by atoms with Crippen LogP contribution in [0.25, 0.3) is 10.2 Å². The molecule has 1 aliphatic rings. The number of aromatic nitrogens is 2.